The van der Waals surface area contributed by atoms with Crippen LogP contribution in [0.4, 0.5) is 0 Å². The second kappa shape index (κ2) is 4.56. The Labute approximate surface area is 77.1 Å². The van der Waals surface area contributed by atoms with E-state index in [0.717, 1.165) is 18.1 Å². The summed E-state index contributed by atoms with van der Waals surface area (Å²) in [5.41, 5.74) is 8.14. The van der Waals surface area contributed by atoms with Gasteiger partial charge in [-0.15, -0.1) is 10.3 Å². The fourth-order valence-corrected chi connectivity index (χ4v) is 0.858. The zero-order valence-corrected chi connectivity index (χ0v) is 7.66. The first-order valence-electron chi connectivity index (χ1n) is 4.22. The monoisotopic (exact) mass is 185 g/mol. The van der Waals surface area contributed by atoms with Crippen molar-refractivity contribution in [2.75, 3.05) is 6.61 Å². The largest absolute Gasteiger partial charge is 0.478 e. The van der Waals surface area contributed by atoms with E-state index in [4.69, 9.17) is 16.3 Å². The molecule has 0 unspecified atom stereocenters. The van der Waals surface area contributed by atoms with Crippen molar-refractivity contribution in [3.8, 4) is 0 Å². The molecule has 74 valence electrons. The number of amidine groups is 1. The molecule has 1 aliphatic heterocycles. The van der Waals surface area contributed by atoms with Gasteiger partial charge in [0.15, 0.2) is 5.84 Å². The predicted molar refractivity (Wildman–Crippen MR) is 49.7 cm³/mol. The zero-order valence-electron chi connectivity index (χ0n) is 7.66. The van der Waals surface area contributed by atoms with Gasteiger partial charge in [-0.25, -0.2) is 11.3 Å². The van der Waals surface area contributed by atoms with E-state index < -0.39 is 0 Å². The van der Waals surface area contributed by atoms with Crippen LogP contribution in [0.1, 0.15) is 19.8 Å². The second-order valence-electron chi connectivity index (χ2n) is 2.69. The van der Waals surface area contributed by atoms with Crippen LogP contribution in [0.15, 0.2) is 17.1 Å². The molecule has 1 rings (SSSR count). The fourth-order valence-electron chi connectivity index (χ4n) is 0.858. The van der Waals surface area contributed by atoms with Crippen molar-refractivity contribution in [2.45, 2.75) is 19.8 Å². The normalized spacial score (nSPS) is 16.0. The first kappa shape index (κ1) is 9.66. The minimum atomic E-state index is 0.327. The van der Waals surface area contributed by atoms with Gasteiger partial charge < -0.3 is 10.5 Å². The van der Waals surface area contributed by atoms with Gasteiger partial charge in [0.2, 0.25) is 5.88 Å². The van der Waals surface area contributed by atoms with Crippen LogP contribution < -0.4 is 17.0 Å². The Bertz CT molecular complexity index is 225. The first-order chi connectivity index (χ1) is 6.22. The molecule has 6 nitrogen and oxygen atoms in total. The molecule has 1 aliphatic rings. The summed E-state index contributed by atoms with van der Waals surface area (Å²) in [7, 11) is 0. The second-order valence-corrected chi connectivity index (χ2v) is 2.69. The van der Waals surface area contributed by atoms with E-state index in [1.165, 1.54) is 0 Å². The molecule has 0 aromatic carbocycles. The maximum absolute atomic E-state index is 5.45. The molecule has 0 amide bonds. The zero-order chi connectivity index (χ0) is 9.68. The highest BCUT2D eigenvalue weighted by molar-refractivity contribution is 5.91. The molecule has 0 saturated heterocycles. The lowest BCUT2D eigenvalue weighted by molar-refractivity contribution is 0.111. The van der Waals surface area contributed by atoms with Crippen molar-refractivity contribution in [3.05, 3.63) is 12.0 Å². The first-order valence-corrected chi connectivity index (χ1v) is 4.22. The number of hydrogen-bond donors (Lipinski definition) is 3. The lowest BCUT2D eigenvalue weighted by atomic mass is 10.4. The topological polar surface area (TPSA) is 88.9 Å². The molecule has 6 heteroatoms. The van der Waals surface area contributed by atoms with Crippen LogP contribution in [0, 0.1) is 0 Å². The maximum Gasteiger partial charge on any atom is 0.212 e. The number of unbranched alkanes of at least 4 members (excludes halogenated alkanes) is 1. The van der Waals surface area contributed by atoms with Crippen molar-refractivity contribution in [1.29, 1.82) is 0 Å². The highest BCUT2D eigenvalue weighted by Gasteiger charge is 2.07. The van der Waals surface area contributed by atoms with Crippen LogP contribution in [0.25, 0.3) is 0 Å². The summed E-state index contributed by atoms with van der Waals surface area (Å²) in [4.78, 5) is 0. The van der Waals surface area contributed by atoms with Gasteiger partial charge in [-0.05, 0) is 6.42 Å². The third kappa shape index (κ3) is 3.20. The molecule has 0 saturated carbocycles. The average molecular weight is 185 g/mol. The quantitative estimate of drug-likeness (QED) is 0.410. The van der Waals surface area contributed by atoms with Gasteiger partial charge in [0.05, 0.1) is 6.61 Å². The molecule has 0 radical (unpaired) electrons. The molecule has 5 N–H and O–H groups in total. The van der Waals surface area contributed by atoms with Crippen LogP contribution in [-0.2, 0) is 4.74 Å². The summed E-state index contributed by atoms with van der Waals surface area (Å²) in [6.45, 7) is 2.74. The van der Waals surface area contributed by atoms with Gasteiger partial charge in [0.25, 0.3) is 0 Å². The van der Waals surface area contributed by atoms with Crippen molar-refractivity contribution in [1.82, 2.24) is 10.7 Å². The Hall–Kier alpha value is -1.43. The predicted octanol–water partition coefficient (Wildman–Crippen LogP) is -0.389. The van der Waals surface area contributed by atoms with Crippen LogP contribution in [-0.4, -0.2) is 17.7 Å². The molecule has 0 spiro atoms. The number of ether oxygens (including phenoxy) is 1. The van der Waals surface area contributed by atoms with Crippen molar-refractivity contribution < 1.29 is 4.74 Å². The molecule has 0 bridgehead atoms. The van der Waals surface area contributed by atoms with Crippen LogP contribution in [0.2, 0.25) is 0 Å². The van der Waals surface area contributed by atoms with E-state index in [1.54, 1.807) is 6.08 Å². The minimum absolute atomic E-state index is 0.327. The van der Waals surface area contributed by atoms with Gasteiger partial charge in [-0.2, -0.15) is 0 Å². The molecule has 0 aromatic rings. The fraction of sp³-hybridized carbons (Fsp3) is 0.571. The molecular weight excluding hydrogens is 170 g/mol. The smallest absolute Gasteiger partial charge is 0.212 e. The number of rotatable bonds is 4. The highest BCUT2D eigenvalue weighted by atomic mass is 16.5. The SMILES string of the molecule is CCCCOC1=CC(N)=NN(N)N1. The lowest BCUT2D eigenvalue weighted by Gasteiger charge is -2.21. The van der Waals surface area contributed by atoms with Gasteiger partial charge in [0, 0.05) is 6.08 Å². The third-order valence-corrected chi connectivity index (χ3v) is 1.48. The van der Waals surface area contributed by atoms with Gasteiger partial charge in [-0.1, -0.05) is 13.3 Å². The van der Waals surface area contributed by atoms with Crippen molar-refractivity contribution in [2.24, 2.45) is 16.7 Å². The van der Waals surface area contributed by atoms with Crippen molar-refractivity contribution >= 4 is 5.84 Å². The third-order valence-electron chi connectivity index (χ3n) is 1.48. The number of nitrogens with one attached hydrogen (secondary N) is 1. The van der Waals surface area contributed by atoms with E-state index in [1.807, 2.05) is 0 Å². The standard InChI is InChI=1S/C7H15N5O/c1-2-3-4-13-7-5-6(8)10-12(9)11-7/h5,11H,2-4,9H2,1H3,(H2,8,10). The molecule has 1 heterocycles. The van der Waals surface area contributed by atoms with Crippen molar-refractivity contribution in [3.63, 3.8) is 0 Å². The number of hydrazine groups is 2. The Balaban J connectivity index is 2.37. The lowest BCUT2D eigenvalue weighted by Crippen LogP contribution is -2.44. The Morgan fingerprint density at radius 1 is 1.69 bits per heavy atom. The maximum atomic E-state index is 5.45. The Morgan fingerprint density at radius 3 is 3.08 bits per heavy atom. The van der Waals surface area contributed by atoms with E-state index >= 15 is 0 Å². The number of hydrazone groups is 1. The van der Waals surface area contributed by atoms with Gasteiger partial charge >= 0.3 is 0 Å². The van der Waals surface area contributed by atoms with E-state index in [-0.39, 0.29) is 0 Å². The van der Waals surface area contributed by atoms with Crippen LogP contribution >= 0.6 is 0 Å². The van der Waals surface area contributed by atoms with Gasteiger partial charge in [0.1, 0.15) is 0 Å². The number of hydrogen-bond acceptors (Lipinski definition) is 6. The van der Waals surface area contributed by atoms with E-state index in [0.29, 0.717) is 18.3 Å². The highest BCUT2D eigenvalue weighted by Crippen LogP contribution is 2.00. The van der Waals surface area contributed by atoms with E-state index in [9.17, 15) is 0 Å². The summed E-state index contributed by atoms with van der Waals surface area (Å²) < 4.78 is 5.33. The van der Waals surface area contributed by atoms with Gasteiger partial charge in [-0.3, -0.25) is 0 Å². The average Bonchev–Trinajstić information content (AvgIpc) is 2.03. The molecular formula is C7H15N5O. The molecule has 0 fully saturated rings. The van der Waals surface area contributed by atoms with Crippen LogP contribution in [0.5, 0.6) is 0 Å². The Morgan fingerprint density at radius 2 is 2.46 bits per heavy atom. The molecule has 0 atom stereocenters. The molecule has 0 aliphatic carbocycles. The number of nitrogens with two attached hydrogens (primary N) is 2. The summed E-state index contributed by atoms with van der Waals surface area (Å²) >= 11 is 0. The molecule has 0 aromatic heterocycles. The van der Waals surface area contributed by atoms with Crippen LogP contribution in [0.3, 0.4) is 0 Å². The summed E-state index contributed by atoms with van der Waals surface area (Å²) in [5.74, 6) is 6.21. The summed E-state index contributed by atoms with van der Waals surface area (Å²) in [5, 5.41) is 4.72. The Kier molecular flexibility index (Phi) is 3.39. The molecule has 13 heavy (non-hydrogen) atoms. The number of nitrogens with zero attached hydrogens (tertiary/aromatic N) is 2. The van der Waals surface area contributed by atoms with E-state index in [2.05, 4.69) is 17.5 Å². The summed E-state index contributed by atoms with van der Waals surface area (Å²) in [6, 6.07) is 0. The summed E-state index contributed by atoms with van der Waals surface area (Å²) in [6.07, 6.45) is 3.68. The minimum Gasteiger partial charge on any atom is -0.478 e.